The maximum atomic E-state index is 5.78. The Hall–Kier alpha value is -2.29. The first kappa shape index (κ1) is 17.1. The Morgan fingerprint density at radius 1 is 0.923 bits per heavy atom. The fourth-order valence-electron chi connectivity index (χ4n) is 2.55. The quantitative estimate of drug-likeness (QED) is 0.689. The van der Waals surface area contributed by atoms with E-state index in [-0.39, 0.29) is 0 Å². The predicted octanol–water partition coefficient (Wildman–Crippen LogP) is 3.87. The summed E-state index contributed by atoms with van der Waals surface area (Å²) in [6, 6.07) is 14.1. The zero-order chi connectivity index (χ0) is 17.8. The number of aromatic amines is 1. The van der Waals surface area contributed by atoms with E-state index in [4.69, 9.17) is 26.4 Å². The number of benzene rings is 2. The monoisotopic (exact) mass is 387 g/mol. The van der Waals surface area contributed by atoms with Crippen molar-refractivity contribution >= 4 is 24.0 Å². The molecule has 0 atom stereocenters. The number of aromatic nitrogens is 3. The standard InChI is InChI=1S/C18H17N3O3S2/c25-18-20-19-12-21(18)13-1-3-14(4-2-13)26-15-5-6-16-17(11-15)24-10-8-22-7-9-23-16/h1-6,11-12H,7-10H2,(H,20,25). The van der Waals surface area contributed by atoms with E-state index in [0.717, 1.165) is 27.0 Å². The van der Waals surface area contributed by atoms with Crippen LogP contribution in [0, 0.1) is 4.77 Å². The molecule has 134 valence electrons. The molecule has 1 aromatic heterocycles. The molecule has 0 saturated heterocycles. The maximum absolute atomic E-state index is 5.78. The molecule has 2 heterocycles. The van der Waals surface area contributed by atoms with Crippen molar-refractivity contribution in [3.05, 3.63) is 53.6 Å². The minimum Gasteiger partial charge on any atom is -0.487 e. The average molecular weight is 387 g/mol. The Bertz CT molecular complexity index is 937. The summed E-state index contributed by atoms with van der Waals surface area (Å²) in [6.07, 6.45) is 1.67. The van der Waals surface area contributed by atoms with Crippen molar-refractivity contribution in [2.24, 2.45) is 0 Å². The molecule has 1 N–H and O–H groups in total. The molecular formula is C18H17N3O3S2. The molecule has 0 amide bonds. The van der Waals surface area contributed by atoms with E-state index in [1.807, 2.05) is 34.9 Å². The van der Waals surface area contributed by atoms with E-state index in [1.54, 1.807) is 18.1 Å². The van der Waals surface area contributed by atoms with Gasteiger partial charge in [-0.05, 0) is 54.7 Å². The van der Waals surface area contributed by atoms with Crippen molar-refractivity contribution in [1.29, 1.82) is 0 Å². The van der Waals surface area contributed by atoms with Gasteiger partial charge in [-0.3, -0.25) is 9.67 Å². The van der Waals surface area contributed by atoms with Gasteiger partial charge in [0.15, 0.2) is 16.3 Å². The summed E-state index contributed by atoms with van der Waals surface area (Å²) in [7, 11) is 0. The molecule has 26 heavy (non-hydrogen) atoms. The smallest absolute Gasteiger partial charge is 0.199 e. The number of fused-ring (bicyclic) bond motifs is 1. The fourth-order valence-corrected chi connectivity index (χ4v) is 3.60. The Balaban J connectivity index is 1.52. The van der Waals surface area contributed by atoms with E-state index in [0.29, 0.717) is 31.2 Å². The Labute approximate surface area is 160 Å². The SMILES string of the molecule is S=c1[nH]ncn1-c1ccc(Sc2ccc3c(c2)OCCOCCO3)cc1. The van der Waals surface area contributed by atoms with E-state index < -0.39 is 0 Å². The number of H-pyrrole nitrogens is 1. The Morgan fingerprint density at radius 3 is 2.38 bits per heavy atom. The first-order valence-electron chi connectivity index (χ1n) is 8.17. The van der Waals surface area contributed by atoms with Crippen LogP contribution >= 0.6 is 24.0 Å². The van der Waals surface area contributed by atoms with Gasteiger partial charge in [-0.1, -0.05) is 11.8 Å². The molecule has 3 aromatic rings. The number of hydrogen-bond acceptors (Lipinski definition) is 6. The van der Waals surface area contributed by atoms with Crippen LogP contribution in [-0.4, -0.2) is 41.2 Å². The van der Waals surface area contributed by atoms with Gasteiger partial charge >= 0.3 is 0 Å². The lowest BCUT2D eigenvalue weighted by molar-refractivity contribution is 0.0877. The van der Waals surface area contributed by atoms with E-state index in [1.165, 1.54) is 0 Å². The molecule has 8 heteroatoms. The van der Waals surface area contributed by atoms with Gasteiger partial charge < -0.3 is 14.2 Å². The van der Waals surface area contributed by atoms with Crippen molar-refractivity contribution in [2.45, 2.75) is 9.79 Å². The second-order valence-corrected chi connectivity index (χ2v) is 7.08. The van der Waals surface area contributed by atoms with Crippen molar-refractivity contribution in [2.75, 3.05) is 26.4 Å². The van der Waals surface area contributed by atoms with Gasteiger partial charge in [0.2, 0.25) is 0 Å². The van der Waals surface area contributed by atoms with Crippen LogP contribution < -0.4 is 9.47 Å². The lowest BCUT2D eigenvalue weighted by Crippen LogP contribution is -2.08. The van der Waals surface area contributed by atoms with Crippen LogP contribution in [0.5, 0.6) is 11.5 Å². The molecule has 1 aliphatic heterocycles. The molecule has 0 spiro atoms. The second kappa shape index (κ2) is 7.94. The summed E-state index contributed by atoms with van der Waals surface area (Å²) in [5.41, 5.74) is 0.972. The van der Waals surface area contributed by atoms with E-state index >= 15 is 0 Å². The molecule has 0 aliphatic carbocycles. The highest BCUT2D eigenvalue weighted by Gasteiger charge is 2.10. The third-order valence-corrected chi connectivity index (χ3v) is 5.07. The third kappa shape index (κ3) is 3.92. The molecule has 0 saturated carbocycles. The number of ether oxygens (including phenoxy) is 3. The maximum Gasteiger partial charge on any atom is 0.199 e. The molecule has 0 fully saturated rings. The van der Waals surface area contributed by atoms with Crippen LogP contribution in [0.4, 0.5) is 0 Å². The predicted molar refractivity (Wildman–Crippen MR) is 101 cm³/mol. The minimum atomic E-state index is 0.518. The first-order valence-corrected chi connectivity index (χ1v) is 9.40. The van der Waals surface area contributed by atoms with Gasteiger partial charge in [0.1, 0.15) is 19.5 Å². The van der Waals surface area contributed by atoms with Crippen LogP contribution in [-0.2, 0) is 4.74 Å². The third-order valence-electron chi connectivity index (χ3n) is 3.79. The molecule has 0 unspecified atom stereocenters. The van der Waals surface area contributed by atoms with Crippen LogP contribution in [0.3, 0.4) is 0 Å². The summed E-state index contributed by atoms with van der Waals surface area (Å²) in [6.45, 7) is 2.19. The van der Waals surface area contributed by atoms with Gasteiger partial charge in [0, 0.05) is 15.5 Å². The Kier molecular flexibility index (Phi) is 5.24. The summed E-state index contributed by atoms with van der Waals surface area (Å²) >= 11 is 6.86. The summed E-state index contributed by atoms with van der Waals surface area (Å²) in [5, 5.41) is 6.70. The lowest BCUT2D eigenvalue weighted by atomic mass is 10.3. The molecule has 0 bridgehead atoms. The molecule has 2 aromatic carbocycles. The number of nitrogens with zero attached hydrogens (tertiary/aromatic N) is 2. The van der Waals surface area contributed by atoms with Crippen molar-refractivity contribution < 1.29 is 14.2 Å². The van der Waals surface area contributed by atoms with Crippen molar-refractivity contribution in [1.82, 2.24) is 14.8 Å². The first-order chi connectivity index (χ1) is 12.8. The van der Waals surface area contributed by atoms with Gasteiger partial charge in [0.25, 0.3) is 0 Å². The largest absolute Gasteiger partial charge is 0.487 e. The normalized spacial score (nSPS) is 14.3. The minimum absolute atomic E-state index is 0.518. The Morgan fingerprint density at radius 2 is 1.65 bits per heavy atom. The van der Waals surface area contributed by atoms with E-state index in [9.17, 15) is 0 Å². The van der Waals surface area contributed by atoms with Crippen LogP contribution in [0.25, 0.3) is 5.69 Å². The molecule has 1 aliphatic rings. The average Bonchev–Trinajstić information content (AvgIpc) is 3.12. The summed E-state index contributed by atoms with van der Waals surface area (Å²) < 4.78 is 19.3. The van der Waals surface area contributed by atoms with Gasteiger partial charge in [0.05, 0.1) is 13.2 Å². The highest BCUT2D eigenvalue weighted by molar-refractivity contribution is 7.99. The topological polar surface area (TPSA) is 61.3 Å². The van der Waals surface area contributed by atoms with Gasteiger partial charge in [-0.25, -0.2) is 0 Å². The molecule has 0 radical (unpaired) electrons. The highest BCUT2D eigenvalue weighted by Crippen LogP contribution is 2.36. The summed E-state index contributed by atoms with van der Waals surface area (Å²) in [5.74, 6) is 1.51. The van der Waals surface area contributed by atoms with Gasteiger partial charge in [-0.2, -0.15) is 5.10 Å². The van der Waals surface area contributed by atoms with Crippen LogP contribution in [0.2, 0.25) is 0 Å². The van der Waals surface area contributed by atoms with E-state index in [2.05, 4.69) is 22.3 Å². The molecular weight excluding hydrogens is 370 g/mol. The fraction of sp³-hybridized carbons (Fsp3) is 0.222. The van der Waals surface area contributed by atoms with Crippen LogP contribution in [0.1, 0.15) is 0 Å². The van der Waals surface area contributed by atoms with Crippen molar-refractivity contribution in [3.8, 4) is 17.2 Å². The van der Waals surface area contributed by atoms with Crippen molar-refractivity contribution in [3.63, 3.8) is 0 Å². The summed E-state index contributed by atoms with van der Waals surface area (Å²) in [4.78, 5) is 2.20. The number of nitrogens with one attached hydrogen (secondary N) is 1. The number of rotatable bonds is 3. The highest BCUT2D eigenvalue weighted by atomic mass is 32.2. The molecule has 4 rings (SSSR count). The zero-order valence-corrected chi connectivity index (χ0v) is 15.5. The zero-order valence-electron chi connectivity index (χ0n) is 13.9. The second-order valence-electron chi connectivity index (χ2n) is 5.55. The van der Waals surface area contributed by atoms with Gasteiger partial charge in [-0.15, -0.1) is 0 Å². The molecule has 6 nitrogen and oxygen atoms in total. The number of hydrogen-bond donors (Lipinski definition) is 1. The lowest BCUT2D eigenvalue weighted by Gasteiger charge is -2.12. The van der Waals surface area contributed by atoms with Crippen LogP contribution in [0.15, 0.2) is 58.6 Å².